The molecule has 0 aliphatic carbocycles. The minimum Gasteiger partial charge on any atom is -0.450 e. The molecule has 0 spiro atoms. The lowest BCUT2D eigenvalue weighted by atomic mass is 10.2. The van der Waals surface area contributed by atoms with Crippen LogP contribution in [0.3, 0.4) is 0 Å². The van der Waals surface area contributed by atoms with Crippen molar-refractivity contribution in [2.45, 2.75) is 13.3 Å². The van der Waals surface area contributed by atoms with Crippen molar-refractivity contribution in [1.82, 2.24) is 10.2 Å². The zero-order chi connectivity index (χ0) is 13.2. The Bertz CT molecular complexity index is 707. The SMILES string of the molecule is CCCNc1nnc(-c2cc3cccc(F)c3o2)s1. The fourth-order valence-corrected chi connectivity index (χ4v) is 2.48. The first-order valence-electron chi connectivity index (χ1n) is 6.03. The average molecular weight is 277 g/mol. The Labute approximate surface area is 113 Å². The normalized spacial score (nSPS) is 11.1. The van der Waals surface area contributed by atoms with E-state index < -0.39 is 0 Å². The van der Waals surface area contributed by atoms with Gasteiger partial charge in [-0.25, -0.2) is 4.39 Å². The van der Waals surface area contributed by atoms with E-state index >= 15 is 0 Å². The van der Waals surface area contributed by atoms with Crippen LogP contribution in [0.1, 0.15) is 13.3 Å². The van der Waals surface area contributed by atoms with E-state index in [1.54, 1.807) is 12.1 Å². The highest BCUT2D eigenvalue weighted by atomic mass is 32.1. The van der Waals surface area contributed by atoms with Crippen molar-refractivity contribution in [3.63, 3.8) is 0 Å². The molecule has 98 valence electrons. The van der Waals surface area contributed by atoms with Gasteiger partial charge in [-0.15, -0.1) is 10.2 Å². The highest BCUT2D eigenvalue weighted by Gasteiger charge is 2.13. The van der Waals surface area contributed by atoms with Crippen molar-refractivity contribution in [2.24, 2.45) is 0 Å². The predicted octanol–water partition coefficient (Wildman–Crippen LogP) is 3.91. The maximum absolute atomic E-state index is 13.5. The summed E-state index contributed by atoms with van der Waals surface area (Å²) in [5.41, 5.74) is 0.260. The van der Waals surface area contributed by atoms with Gasteiger partial charge in [0.25, 0.3) is 0 Å². The molecule has 0 unspecified atom stereocenters. The van der Waals surface area contributed by atoms with Crippen molar-refractivity contribution in [2.75, 3.05) is 11.9 Å². The predicted molar refractivity (Wildman–Crippen MR) is 73.9 cm³/mol. The van der Waals surface area contributed by atoms with Crippen LogP contribution < -0.4 is 5.32 Å². The zero-order valence-electron chi connectivity index (χ0n) is 10.3. The van der Waals surface area contributed by atoms with Crippen LogP contribution in [0, 0.1) is 5.82 Å². The number of aromatic nitrogens is 2. The molecule has 0 aliphatic heterocycles. The molecule has 0 saturated heterocycles. The molecule has 1 aromatic carbocycles. The Hall–Kier alpha value is -1.95. The molecular formula is C13H12FN3OS. The summed E-state index contributed by atoms with van der Waals surface area (Å²) in [4.78, 5) is 0. The number of nitrogens with one attached hydrogen (secondary N) is 1. The van der Waals surface area contributed by atoms with Crippen LogP contribution in [-0.2, 0) is 0 Å². The van der Waals surface area contributed by atoms with Gasteiger partial charge in [0.15, 0.2) is 22.2 Å². The average Bonchev–Trinajstić information content (AvgIpc) is 3.03. The molecule has 0 aliphatic rings. The summed E-state index contributed by atoms with van der Waals surface area (Å²) < 4.78 is 19.1. The van der Waals surface area contributed by atoms with Gasteiger partial charge in [-0.2, -0.15) is 0 Å². The van der Waals surface area contributed by atoms with Crippen molar-refractivity contribution in [1.29, 1.82) is 0 Å². The number of halogens is 1. The van der Waals surface area contributed by atoms with Gasteiger partial charge < -0.3 is 9.73 Å². The van der Waals surface area contributed by atoms with Gasteiger partial charge in [0.05, 0.1) is 0 Å². The van der Waals surface area contributed by atoms with Crippen LogP contribution in [0.15, 0.2) is 28.7 Å². The number of nitrogens with zero attached hydrogens (tertiary/aromatic N) is 2. The summed E-state index contributed by atoms with van der Waals surface area (Å²) in [5, 5.41) is 13.4. The molecule has 0 saturated carbocycles. The summed E-state index contributed by atoms with van der Waals surface area (Å²) in [6.07, 6.45) is 1.02. The lowest BCUT2D eigenvalue weighted by Gasteiger charge is -1.95. The Morgan fingerprint density at radius 2 is 2.26 bits per heavy atom. The first-order chi connectivity index (χ1) is 9.28. The minimum atomic E-state index is -0.363. The van der Waals surface area contributed by atoms with Gasteiger partial charge in [0.1, 0.15) is 0 Å². The minimum absolute atomic E-state index is 0.260. The summed E-state index contributed by atoms with van der Waals surface area (Å²) >= 11 is 1.40. The third kappa shape index (κ3) is 2.31. The Morgan fingerprint density at radius 3 is 3.05 bits per heavy atom. The van der Waals surface area contributed by atoms with Gasteiger partial charge in [-0.1, -0.05) is 30.4 Å². The van der Waals surface area contributed by atoms with Gasteiger partial charge in [-0.05, 0) is 18.6 Å². The van der Waals surface area contributed by atoms with Gasteiger partial charge >= 0.3 is 0 Å². The molecule has 0 atom stereocenters. The molecule has 3 rings (SSSR count). The van der Waals surface area contributed by atoms with Crippen LogP contribution in [0.4, 0.5) is 9.52 Å². The molecule has 0 bridgehead atoms. The molecule has 2 heterocycles. The largest absolute Gasteiger partial charge is 0.450 e. The monoisotopic (exact) mass is 277 g/mol. The molecule has 1 N–H and O–H groups in total. The standard InChI is InChI=1S/C13H12FN3OS/c1-2-6-15-13-17-16-12(19-13)10-7-8-4-3-5-9(14)11(8)18-10/h3-5,7H,2,6H2,1H3,(H,15,17). The molecule has 0 amide bonds. The van der Waals surface area contributed by atoms with E-state index in [-0.39, 0.29) is 11.4 Å². The van der Waals surface area contributed by atoms with Crippen LogP contribution in [0.2, 0.25) is 0 Å². The van der Waals surface area contributed by atoms with E-state index in [2.05, 4.69) is 22.4 Å². The number of furan rings is 1. The van der Waals surface area contributed by atoms with E-state index in [1.165, 1.54) is 17.4 Å². The molecule has 2 aromatic heterocycles. The topological polar surface area (TPSA) is 51.0 Å². The second-order valence-corrected chi connectivity index (χ2v) is 5.09. The summed E-state index contributed by atoms with van der Waals surface area (Å²) in [7, 11) is 0. The molecule has 3 aromatic rings. The van der Waals surface area contributed by atoms with Gasteiger partial charge in [-0.3, -0.25) is 0 Å². The van der Waals surface area contributed by atoms with Crippen molar-refractivity contribution in [3.8, 4) is 10.8 Å². The Kier molecular flexibility index (Phi) is 3.16. The van der Waals surface area contributed by atoms with E-state index in [1.807, 2.05) is 6.07 Å². The van der Waals surface area contributed by atoms with Crippen LogP contribution in [-0.4, -0.2) is 16.7 Å². The molecule has 0 fully saturated rings. The number of benzene rings is 1. The maximum Gasteiger partial charge on any atom is 0.206 e. The number of hydrogen-bond acceptors (Lipinski definition) is 5. The molecular weight excluding hydrogens is 265 g/mol. The number of fused-ring (bicyclic) bond motifs is 1. The number of hydrogen-bond donors (Lipinski definition) is 1. The first kappa shape index (κ1) is 12.1. The molecule has 6 heteroatoms. The highest BCUT2D eigenvalue weighted by molar-refractivity contribution is 7.18. The number of rotatable bonds is 4. The second-order valence-electron chi connectivity index (χ2n) is 4.11. The van der Waals surface area contributed by atoms with E-state index in [4.69, 9.17) is 4.42 Å². The van der Waals surface area contributed by atoms with Crippen molar-refractivity contribution >= 4 is 27.4 Å². The maximum atomic E-state index is 13.5. The van der Waals surface area contributed by atoms with Crippen molar-refractivity contribution in [3.05, 3.63) is 30.1 Å². The van der Waals surface area contributed by atoms with Crippen molar-refractivity contribution < 1.29 is 8.81 Å². The van der Waals surface area contributed by atoms with E-state index in [9.17, 15) is 4.39 Å². The smallest absolute Gasteiger partial charge is 0.206 e. The van der Waals surface area contributed by atoms with E-state index in [0.717, 1.165) is 23.5 Å². The van der Waals surface area contributed by atoms with Gasteiger partial charge in [0, 0.05) is 11.9 Å². The third-order valence-corrected chi connectivity index (χ3v) is 3.55. The second kappa shape index (κ2) is 4.97. The third-order valence-electron chi connectivity index (χ3n) is 2.66. The number of para-hydroxylation sites is 1. The zero-order valence-corrected chi connectivity index (χ0v) is 11.1. The number of anilines is 1. The fourth-order valence-electron chi connectivity index (χ4n) is 1.76. The molecule has 19 heavy (non-hydrogen) atoms. The fraction of sp³-hybridized carbons (Fsp3) is 0.231. The quantitative estimate of drug-likeness (QED) is 0.785. The van der Waals surface area contributed by atoms with Crippen LogP contribution in [0.5, 0.6) is 0 Å². The summed E-state index contributed by atoms with van der Waals surface area (Å²) in [5.74, 6) is 0.180. The molecule has 4 nitrogen and oxygen atoms in total. The lowest BCUT2D eigenvalue weighted by molar-refractivity contribution is 0.568. The lowest BCUT2D eigenvalue weighted by Crippen LogP contribution is -1.98. The summed E-state index contributed by atoms with van der Waals surface area (Å²) in [6.45, 7) is 2.93. The first-order valence-corrected chi connectivity index (χ1v) is 6.85. The highest BCUT2D eigenvalue weighted by Crippen LogP contribution is 2.32. The van der Waals surface area contributed by atoms with Crippen LogP contribution >= 0.6 is 11.3 Å². The van der Waals surface area contributed by atoms with Gasteiger partial charge in [0.2, 0.25) is 5.13 Å². The van der Waals surface area contributed by atoms with E-state index in [0.29, 0.717) is 10.8 Å². The Balaban J connectivity index is 1.95. The molecule has 0 radical (unpaired) electrons. The van der Waals surface area contributed by atoms with Crippen LogP contribution in [0.25, 0.3) is 21.7 Å². The summed E-state index contributed by atoms with van der Waals surface area (Å²) in [6, 6.07) is 6.63. The Morgan fingerprint density at radius 1 is 1.37 bits per heavy atom.